The first-order valence-electron chi connectivity index (χ1n) is 12.2. The average Bonchev–Trinajstić information content (AvgIpc) is 3.67. The second-order valence-corrected chi connectivity index (χ2v) is 8.64. The number of carboxylic acid groups (broad SMARTS) is 6. The lowest BCUT2D eigenvalue weighted by atomic mass is 10.1. The van der Waals surface area contributed by atoms with Gasteiger partial charge in [-0.15, -0.1) is 0 Å². The number of rotatable bonds is 2. The standard InChI is InChI=1S/2C8H16N2.3C2H2O4/c2*1-3-7(9-5-1)8-4-2-6-10-8;3*3-1(4)2(5)6/h2*7-10H,1-6H2;3*(H,3,4)(H,5,6)/t2*7-,8+;;;. The Kier molecular flexibility index (Phi) is 18.0. The van der Waals surface area contributed by atoms with Crippen LogP contribution in [0.25, 0.3) is 0 Å². The Hall–Kier alpha value is -3.34. The predicted octanol–water partition coefficient (Wildman–Crippen LogP) is -1.55. The van der Waals surface area contributed by atoms with Crippen molar-refractivity contribution in [1.82, 2.24) is 21.3 Å². The SMILES string of the molecule is C1CN[C@H]([C@H]2CCCN2)C1.C1CN[C@H]([C@H]2CCCN2)C1.O=C(O)C(=O)O.O=C(O)C(=O)O.O=C(O)C(=O)O. The molecule has 10 N–H and O–H groups in total. The van der Waals surface area contributed by atoms with Crippen molar-refractivity contribution < 1.29 is 59.4 Å². The molecule has 0 aliphatic carbocycles. The minimum Gasteiger partial charge on any atom is -0.473 e. The molecule has 0 spiro atoms. The van der Waals surface area contributed by atoms with Gasteiger partial charge in [0, 0.05) is 24.2 Å². The van der Waals surface area contributed by atoms with Crippen LogP contribution in [0.1, 0.15) is 51.4 Å². The minimum absolute atomic E-state index is 0.794. The second-order valence-electron chi connectivity index (χ2n) is 8.64. The van der Waals surface area contributed by atoms with Gasteiger partial charge in [-0.2, -0.15) is 0 Å². The van der Waals surface area contributed by atoms with Gasteiger partial charge < -0.3 is 51.9 Å². The molecule has 0 unspecified atom stereocenters. The van der Waals surface area contributed by atoms with E-state index < -0.39 is 35.8 Å². The summed E-state index contributed by atoms with van der Waals surface area (Å²) in [7, 11) is 0. The van der Waals surface area contributed by atoms with E-state index in [9.17, 15) is 0 Å². The van der Waals surface area contributed by atoms with Crippen LogP contribution < -0.4 is 21.3 Å². The average molecular weight is 551 g/mol. The molecule has 4 aliphatic rings. The molecule has 218 valence electrons. The third kappa shape index (κ3) is 16.4. The van der Waals surface area contributed by atoms with Crippen LogP contribution in [-0.2, 0) is 28.8 Å². The number of hydrogen-bond donors (Lipinski definition) is 10. The molecule has 0 radical (unpaired) electrons. The Morgan fingerprint density at radius 3 is 0.605 bits per heavy atom. The lowest BCUT2D eigenvalue weighted by molar-refractivity contribution is -0.159. The summed E-state index contributed by atoms with van der Waals surface area (Å²) in [5, 5.41) is 58.5. The van der Waals surface area contributed by atoms with Gasteiger partial charge in [0.25, 0.3) is 0 Å². The van der Waals surface area contributed by atoms with E-state index in [4.69, 9.17) is 59.4 Å². The van der Waals surface area contributed by atoms with Gasteiger partial charge in [0.1, 0.15) is 0 Å². The van der Waals surface area contributed by atoms with Crippen LogP contribution in [0.15, 0.2) is 0 Å². The Bertz CT molecular complexity index is 621. The van der Waals surface area contributed by atoms with Crippen molar-refractivity contribution in [3.05, 3.63) is 0 Å². The van der Waals surface area contributed by atoms with E-state index >= 15 is 0 Å². The highest BCUT2D eigenvalue weighted by molar-refractivity contribution is 6.28. The predicted molar refractivity (Wildman–Crippen MR) is 130 cm³/mol. The Balaban J connectivity index is 0.000000464. The van der Waals surface area contributed by atoms with Gasteiger partial charge in [0.05, 0.1) is 0 Å². The zero-order chi connectivity index (χ0) is 29.1. The monoisotopic (exact) mass is 550 g/mol. The van der Waals surface area contributed by atoms with Gasteiger partial charge in [-0.1, -0.05) is 0 Å². The van der Waals surface area contributed by atoms with Crippen LogP contribution in [0.4, 0.5) is 0 Å². The minimum atomic E-state index is -1.82. The fourth-order valence-electron chi connectivity index (χ4n) is 4.22. The quantitative estimate of drug-likeness (QED) is 0.174. The largest absolute Gasteiger partial charge is 0.473 e. The van der Waals surface area contributed by atoms with Crippen molar-refractivity contribution in [2.24, 2.45) is 0 Å². The molecular weight excluding hydrogens is 512 g/mol. The van der Waals surface area contributed by atoms with Crippen LogP contribution in [0.2, 0.25) is 0 Å². The lowest BCUT2D eigenvalue weighted by Crippen LogP contribution is -2.40. The van der Waals surface area contributed by atoms with Crippen LogP contribution in [0.3, 0.4) is 0 Å². The first-order valence-corrected chi connectivity index (χ1v) is 12.2. The molecule has 0 saturated carbocycles. The maximum atomic E-state index is 9.10. The normalized spacial score (nSPS) is 24.9. The molecule has 0 aromatic rings. The van der Waals surface area contributed by atoms with E-state index in [1.54, 1.807) is 0 Å². The molecule has 4 heterocycles. The van der Waals surface area contributed by atoms with Gasteiger partial charge in [-0.25, -0.2) is 28.8 Å². The van der Waals surface area contributed by atoms with Crippen molar-refractivity contribution in [3.8, 4) is 0 Å². The van der Waals surface area contributed by atoms with E-state index in [1.807, 2.05) is 0 Å². The summed E-state index contributed by atoms with van der Waals surface area (Å²) < 4.78 is 0. The highest BCUT2D eigenvalue weighted by atomic mass is 16.5. The maximum Gasteiger partial charge on any atom is 0.414 e. The zero-order valence-corrected chi connectivity index (χ0v) is 20.9. The number of carbonyl (C=O) groups is 6. The highest BCUT2D eigenvalue weighted by Crippen LogP contribution is 2.17. The summed E-state index contributed by atoms with van der Waals surface area (Å²) in [5.41, 5.74) is 0. The van der Waals surface area contributed by atoms with Crippen molar-refractivity contribution in [2.45, 2.75) is 75.5 Å². The molecular formula is C22H38N4O12. The van der Waals surface area contributed by atoms with Gasteiger partial charge >= 0.3 is 35.8 Å². The third-order valence-corrected chi connectivity index (χ3v) is 5.91. The summed E-state index contributed by atoms with van der Waals surface area (Å²) >= 11 is 0. The fourth-order valence-corrected chi connectivity index (χ4v) is 4.22. The summed E-state index contributed by atoms with van der Waals surface area (Å²) in [6.45, 7) is 4.96. The van der Waals surface area contributed by atoms with Crippen LogP contribution in [-0.4, -0.2) is 117 Å². The van der Waals surface area contributed by atoms with Gasteiger partial charge in [-0.3, -0.25) is 0 Å². The molecule has 4 saturated heterocycles. The Morgan fingerprint density at radius 1 is 0.368 bits per heavy atom. The Labute approximate surface area is 218 Å². The van der Waals surface area contributed by atoms with Gasteiger partial charge in [0.2, 0.25) is 0 Å². The fraction of sp³-hybridized carbons (Fsp3) is 0.727. The molecule has 4 fully saturated rings. The zero-order valence-electron chi connectivity index (χ0n) is 20.9. The molecule has 4 atom stereocenters. The van der Waals surface area contributed by atoms with E-state index in [1.165, 1.54) is 77.5 Å². The van der Waals surface area contributed by atoms with Crippen molar-refractivity contribution in [2.75, 3.05) is 26.2 Å². The Morgan fingerprint density at radius 2 is 0.526 bits per heavy atom. The number of hydrogen-bond acceptors (Lipinski definition) is 10. The smallest absolute Gasteiger partial charge is 0.414 e. The summed E-state index contributed by atoms with van der Waals surface area (Å²) in [5.74, 6) is -10.9. The topological polar surface area (TPSA) is 272 Å². The molecule has 16 heteroatoms. The molecule has 0 aromatic heterocycles. The molecule has 4 rings (SSSR count). The van der Waals surface area contributed by atoms with Crippen LogP contribution in [0, 0.1) is 0 Å². The molecule has 16 nitrogen and oxygen atoms in total. The van der Waals surface area contributed by atoms with E-state index in [0.29, 0.717) is 0 Å². The lowest BCUT2D eigenvalue weighted by Gasteiger charge is -2.17. The molecule has 38 heavy (non-hydrogen) atoms. The van der Waals surface area contributed by atoms with Crippen LogP contribution >= 0.6 is 0 Å². The summed E-state index contributed by atoms with van der Waals surface area (Å²) in [6, 6.07) is 3.18. The molecule has 4 aliphatic heterocycles. The van der Waals surface area contributed by atoms with E-state index in [2.05, 4.69) is 21.3 Å². The van der Waals surface area contributed by atoms with E-state index in [0.717, 1.165) is 24.2 Å². The first kappa shape index (κ1) is 34.7. The van der Waals surface area contributed by atoms with Crippen molar-refractivity contribution in [3.63, 3.8) is 0 Å². The molecule has 0 bridgehead atoms. The summed E-state index contributed by atoms with van der Waals surface area (Å²) in [4.78, 5) is 54.6. The second kappa shape index (κ2) is 19.7. The highest BCUT2D eigenvalue weighted by Gasteiger charge is 2.27. The number of aliphatic carboxylic acids is 6. The molecule has 0 amide bonds. The summed E-state index contributed by atoms with van der Waals surface area (Å²) in [6.07, 6.45) is 11.1. The maximum absolute atomic E-state index is 9.10. The van der Waals surface area contributed by atoms with E-state index in [-0.39, 0.29) is 0 Å². The van der Waals surface area contributed by atoms with Gasteiger partial charge in [0.15, 0.2) is 0 Å². The van der Waals surface area contributed by atoms with Crippen molar-refractivity contribution in [1.29, 1.82) is 0 Å². The van der Waals surface area contributed by atoms with Gasteiger partial charge in [-0.05, 0) is 77.5 Å². The van der Waals surface area contributed by atoms with Crippen molar-refractivity contribution >= 4 is 35.8 Å². The van der Waals surface area contributed by atoms with Crippen LogP contribution in [0.5, 0.6) is 0 Å². The first-order chi connectivity index (χ1) is 17.9. The third-order valence-electron chi connectivity index (χ3n) is 5.91. The molecule has 0 aromatic carbocycles. The number of carboxylic acids is 6. The number of nitrogens with one attached hydrogen (secondary N) is 4.